The molecule has 0 atom stereocenters. The molecule has 60 valence electrons. The number of allylic oxidation sites excluding steroid dienone is 1. The van der Waals surface area contributed by atoms with Crippen LogP contribution in [-0.2, 0) is 0 Å². The van der Waals surface area contributed by atoms with Crippen LogP contribution in [0.15, 0.2) is 36.4 Å². The second-order valence-electron chi connectivity index (χ2n) is 2.22. The molecule has 0 heterocycles. The molecule has 1 nitrogen and oxygen atoms in total. The van der Waals surface area contributed by atoms with E-state index in [0.29, 0.717) is 0 Å². The van der Waals surface area contributed by atoms with Gasteiger partial charge in [0.05, 0.1) is 0 Å². The number of aliphatic hydroxyl groups excluding tert-OH is 1. The van der Waals surface area contributed by atoms with E-state index < -0.39 is 0 Å². The van der Waals surface area contributed by atoms with E-state index in [1.165, 1.54) is 0 Å². The zero-order chi connectivity index (χ0) is 8.65. The summed E-state index contributed by atoms with van der Waals surface area (Å²) in [6.07, 6.45) is 3.63. The Hall–Kier alpha value is -1.52. The second kappa shape index (κ2) is 5.17. The molecule has 1 heteroatoms. The van der Waals surface area contributed by atoms with Gasteiger partial charge in [0.25, 0.3) is 0 Å². The second-order valence-corrected chi connectivity index (χ2v) is 2.22. The molecular formula is C11H10O. The average Bonchev–Trinajstić information content (AvgIpc) is 2.14. The van der Waals surface area contributed by atoms with Crippen LogP contribution in [-0.4, -0.2) is 11.7 Å². The third-order valence-corrected chi connectivity index (χ3v) is 1.34. The molecule has 1 rings (SSSR count). The van der Waals surface area contributed by atoms with E-state index >= 15 is 0 Å². The van der Waals surface area contributed by atoms with Gasteiger partial charge in [-0.3, -0.25) is 0 Å². The highest BCUT2D eigenvalue weighted by Gasteiger charge is 1.78. The Morgan fingerprint density at radius 3 is 2.67 bits per heavy atom. The van der Waals surface area contributed by atoms with E-state index in [2.05, 4.69) is 11.8 Å². The first-order valence-electron chi connectivity index (χ1n) is 3.74. The Bertz CT molecular complexity index is 301. The number of hydrogen-bond donors (Lipinski definition) is 1. The van der Waals surface area contributed by atoms with Gasteiger partial charge in [-0.15, -0.1) is 0 Å². The SMILES string of the molecule is OCC#CC=Cc1ccccc1. The van der Waals surface area contributed by atoms with Crippen molar-refractivity contribution in [2.75, 3.05) is 6.61 Å². The zero-order valence-corrected chi connectivity index (χ0v) is 6.70. The van der Waals surface area contributed by atoms with Crippen molar-refractivity contribution in [3.05, 3.63) is 42.0 Å². The lowest BCUT2D eigenvalue weighted by atomic mass is 10.2. The minimum Gasteiger partial charge on any atom is -0.384 e. The van der Waals surface area contributed by atoms with Gasteiger partial charge in [0.1, 0.15) is 6.61 Å². The summed E-state index contributed by atoms with van der Waals surface area (Å²) in [5.74, 6) is 5.24. The van der Waals surface area contributed by atoms with E-state index in [0.717, 1.165) is 5.56 Å². The van der Waals surface area contributed by atoms with Crippen LogP contribution < -0.4 is 0 Å². The van der Waals surface area contributed by atoms with E-state index in [1.807, 2.05) is 36.4 Å². The van der Waals surface area contributed by atoms with Crippen LogP contribution in [0.5, 0.6) is 0 Å². The Balaban J connectivity index is 2.58. The Labute approximate surface area is 72.4 Å². The third-order valence-electron chi connectivity index (χ3n) is 1.34. The minimum atomic E-state index is -0.0842. The molecule has 0 amide bonds. The summed E-state index contributed by atoms with van der Waals surface area (Å²) in [4.78, 5) is 0. The molecule has 0 aliphatic rings. The molecule has 0 aromatic heterocycles. The van der Waals surface area contributed by atoms with Gasteiger partial charge in [-0.25, -0.2) is 0 Å². The quantitative estimate of drug-likeness (QED) is 0.617. The summed E-state index contributed by atoms with van der Waals surface area (Å²) < 4.78 is 0. The first-order valence-corrected chi connectivity index (χ1v) is 3.74. The molecule has 0 saturated heterocycles. The van der Waals surface area contributed by atoms with Crippen LogP contribution in [0.3, 0.4) is 0 Å². The minimum absolute atomic E-state index is 0.0842. The molecule has 12 heavy (non-hydrogen) atoms. The van der Waals surface area contributed by atoms with Gasteiger partial charge in [-0.05, 0) is 17.7 Å². The van der Waals surface area contributed by atoms with Crippen molar-refractivity contribution >= 4 is 6.08 Å². The van der Waals surface area contributed by atoms with Gasteiger partial charge in [0, 0.05) is 0 Å². The van der Waals surface area contributed by atoms with Crippen LogP contribution in [0.2, 0.25) is 0 Å². The van der Waals surface area contributed by atoms with Crippen molar-refractivity contribution in [3.63, 3.8) is 0 Å². The summed E-state index contributed by atoms with van der Waals surface area (Å²) in [7, 11) is 0. The largest absolute Gasteiger partial charge is 0.384 e. The summed E-state index contributed by atoms with van der Waals surface area (Å²) in [5, 5.41) is 8.36. The number of hydrogen-bond acceptors (Lipinski definition) is 1. The highest BCUT2D eigenvalue weighted by Crippen LogP contribution is 1.99. The van der Waals surface area contributed by atoms with E-state index in [1.54, 1.807) is 6.08 Å². The number of rotatable bonds is 1. The predicted molar refractivity (Wildman–Crippen MR) is 50.3 cm³/mol. The fourth-order valence-corrected chi connectivity index (χ4v) is 0.807. The first-order chi connectivity index (χ1) is 5.93. The van der Waals surface area contributed by atoms with E-state index in [4.69, 9.17) is 5.11 Å². The van der Waals surface area contributed by atoms with Gasteiger partial charge in [0.15, 0.2) is 0 Å². The molecule has 0 bridgehead atoms. The van der Waals surface area contributed by atoms with Crippen molar-refractivity contribution in [2.24, 2.45) is 0 Å². The lowest BCUT2D eigenvalue weighted by Crippen LogP contribution is -1.69. The van der Waals surface area contributed by atoms with Crippen LogP contribution in [0.1, 0.15) is 5.56 Å². The standard InChI is InChI=1S/C11H10O/c12-10-6-2-5-9-11-7-3-1-4-8-11/h1,3-5,7-9,12H,10H2. The van der Waals surface area contributed by atoms with Crippen molar-refractivity contribution in [2.45, 2.75) is 0 Å². The average molecular weight is 158 g/mol. The molecule has 1 aromatic carbocycles. The highest BCUT2D eigenvalue weighted by atomic mass is 16.2. The Morgan fingerprint density at radius 2 is 2.00 bits per heavy atom. The smallest absolute Gasteiger partial charge is 0.104 e. The van der Waals surface area contributed by atoms with Crippen LogP contribution >= 0.6 is 0 Å². The summed E-state index contributed by atoms with van der Waals surface area (Å²) in [6.45, 7) is -0.0842. The summed E-state index contributed by atoms with van der Waals surface area (Å²) in [5.41, 5.74) is 1.12. The molecule has 0 radical (unpaired) electrons. The highest BCUT2D eigenvalue weighted by molar-refractivity contribution is 5.52. The maximum absolute atomic E-state index is 8.36. The maximum Gasteiger partial charge on any atom is 0.104 e. The molecule has 1 aromatic rings. The van der Waals surface area contributed by atoms with Gasteiger partial charge < -0.3 is 5.11 Å². The van der Waals surface area contributed by atoms with Crippen LogP contribution in [0.25, 0.3) is 6.08 Å². The van der Waals surface area contributed by atoms with Crippen LogP contribution in [0, 0.1) is 11.8 Å². The molecular weight excluding hydrogens is 148 g/mol. The normalized spacial score (nSPS) is 9.42. The first kappa shape index (κ1) is 8.58. The van der Waals surface area contributed by atoms with Gasteiger partial charge in [0.2, 0.25) is 0 Å². The summed E-state index contributed by atoms with van der Waals surface area (Å²) >= 11 is 0. The summed E-state index contributed by atoms with van der Waals surface area (Å²) in [6, 6.07) is 9.91. The lowest BCUT2D eigenvalue weighted by molar-refractivity contribution is 0.350. The molecule has 0 aliphatic heterocycles. The van der Waals surface area contributed by atoms with Crippen molar-refractivity contribution < 1.29 is 5.11 Å². The maximum atomic E-state index is 8.36. The van der Waals surface area contributed by atoms with Gasteiger partial charge >= 0.3 is 0 Å². The Morgan fingerprint density at radius 1 is 1.25 bits per heavy atom. The molecule has 0 spiro atoms. The molecule has 0 fully saturated rings. The zero-order valence-electron chi connectivity index (χ0n) is 6.70. The Kier molecular flexibility index (Phi) is 3.70. The van der Waals surface area contributed by atoms with E-state index in [-0.39, 0.29) is 6.61 Å². The third kappa shape index (κ3) is 3.05. The topological polar surface area (TPSA) is 20.2 Å². The van der Waals surface area contributed by atoms with Gasteiger partial charge in [-0.2, -0.15) is 0 Å². The number of aliphatic hydroxyl groups is 1. The molecule has 0 saturated carbocycles. The lowest BCUT2D eigenvalue weighted by Gasteiger charge is -1.87. The van der Waals surface area contributed by atoms with Crippen molar-refractivity contribution in [1.82, 2.24) is 0 Å². The van der Waals surface area contributed by atoms with E-state index in [9.17, 15) is 0 Å². The fourth-order valence-electron chi connectivity index (χ4n) is 0.807. The van der Waals surface area contributed by atoms with Gasteiger partial charge in [-0.1, -0.05) is 42.2 Å². The predicted octanol–water partition coefficient (Wildman–Crippen LogP) is 1.70. The van der Waals surface area contributed by atoms with Crippen molar-refractivity contribution in [1.29, 1.82) is 0 Å². The molecule has 0 aliphatic carbocycles. The molecule has 1 N–H and O–H groups in total. The van der Waals surface area contributed by atoms with Crippen LogP contribution in [0.4, 0.5) is 0 Å². The fraction of sp³-hybridized carbons (Fsp3) is 0.0909. The van der Waals surface area contributed by atoms with Crippen molar-refractivity contribution in [3.8, 4) is 11.8 Å². The monoisotopic (exact) mass is 158 g/mol. The molecule has 0 unspecified atom stereocenters. The number of benzene rings is 1.